The van der Waals surface area contributed by atoms with E-state index in [0.29, 0.717) is 0 Å². The second kappa shape index (κ2) is 8.77. The van der Waals surface area contributed by atoms with E-state index in [1.807, 2.05) is 22.9 Å². The maximum atomic E-state index is 9.00. The Labute approximate surface area is 77.5 Å². The summed E-state index contributed by atoms with van der Waals surface area (Å²) >= 11 is 1.71. The average Bonchev–Trinajstić information content (AvgIpc) is 2.11. The fourth-order valence-corrected chi connectivity index (χ4v) is 0.680. The number of hydrogen-bond donors (Lipinski definition) is 1. The van der Waals surface area contributed by atoms with Crippen LogP contribution in [0.4, 0.5) is 0 Å². The first kappa shape index (κ1) is 12.4. The molecule has 0 bridgehead atoms. The predicted octanol–water partition coefficient (Wildman–Crippen LogP) is -1.04. The molecule has 0 aliphatic carbocycles. The van der Waals surface area contributed by atoms with Crippen molar-refractivity contribution < 1.29 is 30.2 Å². The first-order valence-corrected chi connectivity index (χ1v) is 3.34. The van der Waals surface area contributed by atoms with Gasteiger partial charge < -0.3 is 6.53 Å². The molecule has 1 heterocycles. The topological polar surface area (TPSA) is 37.3 Å². The van der Waals surface area contributed by atoms with Crippen molar-refractivity contribution in [2.75, 3.05) is 0 Å². The molecule has 0 fully saturated rings. The molecule has 0 aromatic carbocycles. The fourth-order valence-electron chi connectivity index (χ4n) is 0.227. The molecule has 52 valence electrons. The normalized spacial score (nSPS) is 6.50. The molecule has 1 aromatic rings. The van der Waals surface area contributed by atoms with Crippen molar-refractivity contribution in [1.82, 2.24) is 0 Å². The van der Waals surface area contributed by atoms with E-state index in [1.165, 1.54) is 0 Å². The van der Waals surface area contributed by atoms with Crippen molar-refractivity contribution in [3.8, 4) is 0 Å². The van der Waals surface area contributed by atoms with Crippen molar-refractivity contribution in [2.24, 2.45) is 0 Å². The van der Waals surface area contributed by atoms with Gasteiger partial charge in [0.2, 0.25) is 0 Å². The zero-order valence-corrected chi connectivity index (χ0v) is 6.89. The molecule has 0 atom stereocenters. The van der Waals surface area contributed by atoms with Crippen molar-refractivity contribution in [1.29, 1.82) is 0 Å². The fraction of sp³-hybridized carbons (Fsp3) is 0.167. The van der Waals surface area contributed by atoms with Crippen LogP contribution in [-0.2, 0) is 4.79 Å². The van der Waals surface area contributed by atoms with Crippen LogP contribution in [0.5, 0.6) is 0 Å². The summed E-state index contributed by atoms with van der Waals surface area (Å²) in [4.78, 5) is 9.00. The Bertz CT molecular complexity index is 134. The summed E-state index contributed by atoms with van der Waals surface area (Å²) < 4.78 is 0. The smallest absolute Gasteiger partial charge is 1.00 e. The minimum Gasteiger partial charge on any atom is -1.00 e. The van der Waals surface area contributed by atoms with E-state index < -0.39 is 5.97 Å². The molecule has 0 unspecified atom stereocenters. The van der Waals surface area contributed by atoms with Crippen LogP contribution in [0.2, 0.25) is 0 Å². The summed E-state index contributed by atoms with van der Waals surface area (Å²) in [6.07, 6.45) is 0. The van der Waals surface area contributed by atoms with E-state index in [2.05, 4.69) is 0 Å². The third-order valence-corrected chi connectivity index (χ3v) is 1.05. The van der Waals surface area contributed by atoms with Gasteiger partial charge in [-0.05, 0) is 10.8 Å². The van der Waals surface area contributed by atoms with Gasteiger partial charge in [-0.15, -0.1) is 0 Å². The molecule has 1 rings (SSSR count). The Hall–Kier alpha value is -0.233. The van der Waals surface area contributed by atoms with Crippen molar-refractivity contribution >= 4 is 17.3 Å². The van der Waals surface area contributed by atoms with Crippen molar-refractivity contribution in [2.45, 2.75) is 6.92 Å². The molecule has 0 saturated carbocycles. The monoisotopic (exact) mass is 152 g/mol. The summed E-state index contributed by atoms with van der Waals surface area (Å²) in [6.45, 7) is 1.08. The van der Waals surface area contributed by atoms with E-state index in [4.69, 9.17) is 9.90 Å². The molecule has 0 radical (unpaired) electrons. The van der Waals surface area contributed by atoms with E-state index in [-0.39, 0.29) is 20.3 Å². The van der Waals surface area contributed by atoms with Gasteiger partial charge in [-0.1, -0.05) is 12.1 Å². The van der Waals surface area contributed by atoms with Crippen LogP contribution in [0.3, 0.4) is 0 Å². The summed E-state index contributed by atoms with van der Waals surface area (Å²) in [5, 5.41) is 11.5. The molecule has 0 amide bonds. The maximum absolute atomic E-state index is 9.00. The molecule has 0 aliphatic heterocycles. The molecule has 0 saturated heterocycles. The first-order valence-electron chi connectivity index (χ1n) is 2.40. The minimum absolute atomic E-state index is 0. The van der Waals surface area contributed by atoms with Crippen molar-refractivity contribution in [3.05, 3.63) is 22.9 Å². The predicted molar refractivity (Wildman–Crippen MR) is 38.7 cm³/mol. The number of carboxylic acids is 1. The standard InChI is InChI=1S/C4H4S.C2H4O2.Li.H/c1-2-4-5-3-1;1-2(3)4;;/h1-4H;1H3,(H,3,4);;/q;;+1;-1. The van der Waals surface area contributed by atoms with Gasteiger partial charge in [0.05, 0.1) is 0 Å². The SMILES string of the molecule is CC(=O)O.[H-].[Li+].c1ccsc1. The van der Waals surface area contributed by atoms with E-state index in [0.717, 1.165) is 6.92 Å². The number of aliphatic carboxylic acids is 1. The Kier molecular flexibility index (Phi) is 10.9. The molecule has 4 heteroatoms. The Morgan fingerprint density at radius 1 is 1.50 bits per heavy atom. The van der Waals surface area contributed by atoms with Gasteiger partial charge in [0.25, 0.3) is 5.97 Å². The van der Waals surface area contributed by atoms with E-state index in [1.54, 1.807) is 11.3 Å². The van der Waals surface area contributed by atoms with Gasteiger partial charge in [0.1, 0.15) is 0 Å². The van der Waals surface area contributed by atoms with Gasteiger partial charge in [-0.25, -0.2) is 0 Å². The second-order valence-corrected chi connectivity index (χ2v) is 2.13. The van der Waals surface area contributed by atoms with Crippen LogP contribution in [0.1, 0.15) is 8.35 Å². The number of carboxylic acid groups (broad SMARTS) is 1. The van der Waals surface area contributed by atoms with Crippen LogP contribution in [-0.4, -0.2) is 11.1 Å². The molecule has 0 aliphatic rings. The van der Waals surface area contributed by atoms with Crippen LogP contribution >= 0.6 is 11.3 Å². The number of rotatable bonds is 0. The van der Waals surface area contributed by atoms with Crippen molar-refractivity contribution in [3.63, 3.8) is 0 Å². The maximum Gasteiger partial charge on any atom is 1.00 e. The second-order valence-electron chi connectivity index (χ2n) is 1.31. The zero-order valence-electron chi connectivity index (χ0n) is 7.07. The third-order valence-electron chi connectivity index (χ3n) is 0.425. The zero-order chi connectivity index (χ0) is 7.11. The first-order chi connectivity index (χ1) is 4.23. The summed E-state index contributed by atoms with van der Waals surface area (Å²) in [5.41, 5.74) is 0. The number of carbonyl (C=O) groups is 1. The van der Waals surface area contributed by atoms with Gasteiger partial charge in [0, 0.05) is 6.92 Å². The van der Waals surface area contributed by atoms with Gasteiger partial charge >= 0.3 is 18.9 Å². The Balaban J connectivity index is -0.000000101. The molecular formula is C6H9LiO2S. The van der Waals surface area contributed by atoms with Gasteiger partial charge in [0.15, 0.2) is 0 Å². The average molecular weight is 152 g/mol. The van der Waals surface area contributed by atoms with E-state index in [9.17, 15) is 0 Å². The van der Waals surface area contributed by atoms with E-state index >= 15 is 0 Å². The number of hydrogen-bond acceptors (Lipinski definition) is 2. The molecular weight excluding hydrogens is 143 g/mol. The third kappa shape index (κ3) is 15.7. The van der Waals surface area contributed by atoms with Gasteiger partial charge in [-0.2, -0.15) is 11.3 Å². The molecule has 1 N–H and O–H groups in total. The van der Waals surface area contributed by atoms with Crippen LogP contribution < -0.4 is 18.9 Å². The summed E-state index contributed by atoms with van der Waals surface area (Å²) in [6, 6.07) is 4.04. The molecule has 10 heavy (non-hydrogen) atoms. The summed E-state index contributed by atoms with van der Waals surface area (Å²) in [5.74, 6) is -0.833. The molecule has 2 nitrogen and oxygen atoms in total. The quantitative estimate of drug-likeness (QED) is 0.482. The van der Waals surface area contributed by atoms with Crippen LogP contribution in [0.25, 0.3) is 0 Å². The molecule has 0 spiro atoms. The Morgan fingerprint density at radius 2 is 1.80 bits per heavy atom. The van der Waals surface area contributed by atoms with Crippen LogP contribution in [0, 0.1) is 0 Å². The number of thiophene rings is 1. The summed E-state index contributed by atoms with van der Waals surface area (Å²) in [7, 11) is 0. The Morgan fingerprint density at radius 3 is 1.90 bits per heavy atom. The van der Waals surface area contributed by atoms with Gasteiger partial charge in [-0.3, -0.25) is 4.79 Å². The largest absolute Gasteiger partial charge is 1.00 e. The van der Waals surface area contributed by atoms with Crippen LogP contribution in [0.15, 0.2) is 22.9 Å². The minimum atomic E-state index is -0.833. The molecule has 1 aromatic heterocycles.